The van der Waals surface area contributed by atoms with Gasteiger partial charge in [-0.15, -0.1) is 11.3 Å². The summed E-state index contributed by atoms with van der Waals surface area (Å²) in [6, 6.07) is 14.2. The Balaban J connectivity index is 1.58. The maximum absolute atomic E-state index is 13.0. The third kappa shape index (κ3) is 5.09. The topological polar surface area (TPSA) is 102 Å². The molecule has 0 atom stereocenters. The summed E-state index contributed by atoms with van der Waals surface area (Å²) in [5.41, 5.74) is 1.92. The molecular formula is C24H24N2O5S2. The van der Waals surface area contributed by atoms with Crippen molar-refractivity contribution in [3.8, 4) is 0 Å². The van der Waals surface area contributed by atoms with Crippen molar-refractivity contribution < 1.29 is 22.7 Å². The molecule has 0 bridgehead atoms. The van der Waals surface area contributed by atoms with Crippen molar-refractivity contribution in [1.82, 2.24) is 0 Å². The Kier molecular flexibility index (Phi) is 6.80. The van der Waals surface area contributed by atoms with Crippen LogP contribution in [0.5, 0.6) is 0 Å². The summed E-state index contributed by atoms with van der Waals surface area (Å²) in [5, 5.41) is 3.31. The highest BCUT2D eigenvalue weighted by Gasteiger charge is 2.26. The molecule has 2 N–H and O–H groups in total. The second kappa shape index (κ2) is 9.76. The van der Waals surface area contributed by atoms with E-state index in [0.29, 0.717) is 10.6 Å². The maximum Gasteiger partial charge on any atom is 0.341 e. The number of hydrogen-bond donors (Lipinski definition) is 2. The summed E-state index contributed by atoms with van der Waals surface area (Å²) in [5.74, 6) is -0.897. The average Bonchev–Trinajstić information content (AvgIpc) is 2.99. The van der Waals surface area contributed by atoms with Crippen LogP contribution in [0.15, 0.2) is 59.5 Å². The molecule has 172 valence electrons. The molecule has 0 saturated heterocycles. The van der Waals surface area contributed by atoms with E-state index in [9.17, 15) is 18.0 Å². The first-order valence-electron chi connectivity index (χ1n) is 10.6. The molecular weight excluding hydrogens is 460 g/mol. The number of carbonyl (C=O) groups is 2. The van der Waals surface area contributed by atoms with Crippen LogP contribution in [0.4, 0.5) is 10.7 Å². The van der Waals surface area contributed by atoms with Crippen LogP contribution in [0, 0.1) is 0 Å². The number of amides is 1. The molecule has 0 fully saturated rings. The van der Waals surface area contributed by atoms with Gasteiger partial charge in [-0.1, -0.05) is 30.7 Å². The number of nitrogens with one attached hydrogen (secondary N) is 2. The molecule has 0 spiro atoms. The van der Waals surface area contributed by atoms with Crippen LogP contribution in [-0.4, -0.2) is 27.4 Å². The molecule has 1 aliphatic carbocycles. The largest absolute Gasteiger partial charge is 0.465 e. The van der Waals surface area contributed by atoms with E-state index in [2.05, 4.69) is 10.0 Å². The molecule has 4 rings (SSSR count). The van der Waals surface area contributed by atoms with Crippen molar-refractivity contribution in [1.29, 1.82) is 0 Å². The average molecular weight is 485 g/mol. The van der Waals surface area contributed by atoms with E-state index < -0.39 is 21.9 Å². The second-order valence-electron chi connectivity index (χ2n) is 7.71. The molecule has 1 amide bonds. The number of fused-ring (bicyclic) bond motifs is 1. The zero-order chi connectivity index (χ0) is 23.4. The van der Waals surface area contributed by atoms with Crippen LogP contribution < -0.4 is 10.0 Å². The maximum atomic E-state index is 13.0. The molecule has 0 saturated carbocycles. The molecule has 1 heterocycles. The normalized spacial score (nSPS) is 13.5. The summed E-state index contributed by atoms with van der Waals surface area (Å²) in [6.45, 7) is 0. The summed E-state index contributed by atoms with van der Waals surface area (Å²) in [7, 11) is -2.45. The first-order chi connectivity index (χ1) is 15.9. The zero-order valence-corrected chi connectivity index (χ0v) is 19.7. The van der Waals surface area contributed by atoms with Gasteiger partial charge < -0.3 is 10.1 Å². The quantitative estimate of drug-likeness (QED) is 0.384. The van der Waals surface area contributed by atoms with Crippen LogP contribution in [0.3, 0.4) is 0 Å². The molecule has 3 aromatic rings. The predicted molar refractivity (Wildman–Crippen MR) is 129 cm³/mol. The second-order valence-corrected chi connectivity index (χ2v) is 10.5. The lowest BCUT2D eigenvalue weighted by Crippen LogP contribution is -2.16. The molecule has 9 heteroatoms. The van der Waals surface area contributed by atoms with Gasteiger partial charge in [-0.25, -0.2) is 13.2 Å². The van der Waals surface area contributed by atoms with Crippen molar-refractivity contribution in [2.24, 2.45) is 0 Å². The number of thiophene rings is 1. The summed E-state index contributed by atoms with van der Waals surface area (Å²) < 4.78 is 32.7. The Morgan fingerprint density at radius 2 is 1.73 bits per heavy atom. The molecule has 2 aromatic carbocycles. The van der Waals surface area contributed by atoms with E-state index in [4.69, 9.17) is 4.74 Å². The third-order valence-corrected chi connectivity index (χ3v) is 8.07. The van der Waals surface area contributed by atoms with E-state index in [0.717, 1.165) is 42.5 Å². The minimum Gasteiger partial charge on any atom is -0.465 e. The van der Waals surface area contributed by atoms with Crippen molar-refractivity contribution in [3.63, 3.8) is 0 Å². The van der Waals surface area contributed by atoms with Gasteiger partial charge in [-0.2, -0.15) is 0 Å². The minimum atomic E-state index is -3.78. The number of anilines is 2. The monoisotopic (exact) mass is 484 g/mol. The number of rotatable bonds is 6. The van der Waals surface area contributed by atoms with Crippen LogP contribution in [0.2, 0.25) is 0 Å². The van der Waals surface area contributed by atoms with Crippen LogP contribution in [0.25, 0.3) is 0 Å². The lowest BCUT2D eigenvalue weighted by molar-refractivity contribution is 0.0601. The fourth-order valence-electron chi connectivity index (χ4n) is 3.86. The van der Waals surface area contributed by atoms with E-state index in [1.54, 1.807) is 36.4 Å². The number of aryl methyl sites for hydroxylation is 1. The first-order valence-corrected chi connectivity index (χ1v) is 12.9. The number of hydrogen-bond acceptors (Lipinski definition) is 6. The molecule has 33 heavy (non-hydrogen) atoms. The molecule has 0 radical (unpaired) electrons. The number of ether oxygens (including phenoxy) is 1. The van der Waals surface area contributed by atoms with Gasteiger partial charge in [-0.3, -0.25) is 9.52 Å². The van der Waals surface area contributed by atoms with Gasteiger partial charge in [0.15, 0.2) is 0 Å². The summed E-state index contributed by atoms with van der Waals surface area (Å²) in [4.78, 5) is 26.7. The fourth-order valence-corrected chi connectivity index (χ4v) is 6.20. The number of carbonyl (C=O) groups excluding carboxylic acids is 2. The number of benzene rings is 2. The SMILES string of the molecule is COC(=O)c1c(NC(=O)c2cccc(NS(=O)(=O)c3ccccc3)c2)sc2c1CCCCC2. The Bertz CT molecular complexity index is 1280. The summed E-state index contributed by atoms with van der Waals surface area (Å²) in [6.07, 6.45) is 4.80. The standard InChI is InChI=1S/C24H24N2O5S2/c1-31-24(28)21-19-13-6-3-7-14-20(19)32-23(21)25-22(27)16-9-8-10-17(15-16)26-33(29,30)18-11-4-2-5-12-18/h2,4-5,8-12,15,26H,3,6-7,13-14H2,1H3,(H,25,27). The van der Waals surface area contributed by atoms with Gasteiger partial charge in [0, 0.05) is 16.1 Å². The molecule has 0 aliphatic heterocycles. The third-order valence-electron chi connectivity index (χ3n) is 5.47. The number of sulfonamides is 1. The highest BCUT2D eigenvalue weighted by Crippen LogP contribution is 2.38. The van der Waals surface area contributed by atoms with Crippen molar-refractivity contribution in [2.45, 2.75) is 37.0 Å². The van der Waals surface area contributed by atoms with Gasteiger partial charge in [0.1, 0.15) is 5.00 Å². The highest BCUT2D eigenvalue weighted by molar-refractivity contribution is 7.92. The van der Waals surface area contributed by atoms with Crippen molar-refractivity contribution >= 4 is 43.9 Å². The lowest BCUT2D eigenvalue weighted by atomic mass is 10.1. The van der Waals surface area contributed by atoms with Gasteiger partial charge in [0.25, 0.3) is 15.9 Å². The number of esters is 1. The van der Waals surface area contributed by atoms with Gasteiger partial charge in [-0.05, 0) is 61.6 Å². The number of methoxy groups -OCH3 is 1. The van der Waals surface area contributed by atoms with E-state index in [1.807, 2.05) is 0 Å². The first kappa shape index (κ1) is 23.0. The molecule has 7 nitrogen and oxygen atoms in total. The van der Waals surface area contributed by atoms with Crippen molar-refractivity contribution in [3.05, 3.63) is 76.2 Å². The van der Waals surface area contributed by atoms with Crippen molar-refractivity contribution in [2.75, 3.05) is 17.1 Å². The Morgan fingerprint density at radius 3 is 2.48 bits per heavy atom. The lowest BCUT2D eigenvalue weighted by Gasteiger charge is -2.10. The zero-order valence-electron chi connectivity index (χ0n) is 18.1. The van der Waals surface area contributed by atoms with Gasteiger partial charge >= 0.3 is 5.97 Å². The molecule has 1 aliphatic rings. The van der Waals surface area contributed by atoms with Gasteiger partial charge in [0.2, 0.25) is 0 Å². The van der Waals surface area contributed by atoms with Crippen LogP contribution in [0.1, 0.15) is 50.4 Å². The summed E-state index contributed by atoms with van der Waals surface area (Å²) >= 11 is 1.41. The minimum absolute atomic E-state index is 0.127. The van der Waals surface area contributed by atoms with Crippen LogP contribution >= 0.6 is 11.3 Å². The van der Waals surface area contributed by atoms with Gasteiger partial charge in [0.05, 0.1) is 17.6 Å². The molecule has 0 unspecified atom stereocenters. The highest BCUT2D eigenvalue weighted by atomic mass is 32.2. The Labute approximate surface area is 196 Å². The van der Waals surface area contributed by atoms with E-state index in [1.165, 1.54) is 36.6 Å². The fraction of sp³-hybridized carbons (Fsp3) is 0.250. The predicted octanol–water partition coefficient (Wildman–Crippen LogP) is 4.86. The van der Waals surface area contributed by atoms with Crippen LogP contribution in [-0.2, 0) is 27.6 Å². The molecule has 1 aromatic heterocycles. The Hall–Kier alpha value is -3.17. The van der Waals surface area contributed by atoms with E-state index >= 15 is 0 Å². The smallest absolute Gasteiger partial charge is 0.341 e. The Morgan fingerprint density at radius 1 is 0.970 bits per heavy atom. The van der Waals surface area contributed by atoms with E-state index in [-0.39, 0.29) is 16.1 Å².